The van der Waals surface area contributed by atoms with Crippen molar-refractivity contribution < 1.29 is 22.8 Å². The van der Waals surface area contributed by atoms with Crippen LogP contribution in [0.4, 0.5) is 18.9 Å². The lowest BCUT2D eigenvalue weighted by molar-refractivity contribution is 0.0923. The van der Waals surface area contributed by atoms with Crippen LogP contribution in [-0.2, 0) is 0 Å². The standard InChI is InChI=1S/C14H6F3NO2/c15-7-5-10(16)12(11(17)6-7)18-13(19)8-3-1-2-4-9(8)14(18)20/h1-6H. The predicted molar refractivity (Wildman–Crippen MR) is 63.9 cm³/mol. The van der Waals surface area contributed by atoms with Crippen LogP contribution in [0.15, 0.2) is 36.4 Å². The van der Waals surface area contributed by atoms with E-state index in [9.17, 15) is 22.8 Å². The summed E-state index contributed by atoms with van der Waals surface area (Å²) >= 11 is 0. The molecule has 0 atom stereocenters. The average molecular weight is 277 g/mol. The molecule has 0 aromatic heterocycles. The molecule has 20 heavy (non-hydrogen) atoms. The summed E-state index contributed by atoms with van der Waals surface area (Å²) in [5, 5.41) is 0. The van der Waals surface area contributed by atoms with Crippen LogP contribution in [-0.4, -0.2) is 11.8 Å². The van der Waals surface area contributed by atoms with Gasteiger partial charge < -0.3 is 0 Å². The maximum Gasteiger partial charge on any atom is 0.266 e. The largest absolute Gasteiger partial charge is 0.268 e. The molecule has 0 saturated carbocycles. The molecule has 0 spiro atoms. The fourth-order valence-corrected chi connectivity index (χ4v) is 2.14. The topological polar surface area (TPSA) is 37.4 Å². The van der Waals surface area contributed by atoms with Gasteiger partial charge in [-0.25, -0.2) is 18.1 Å². The van der Waals surface area contributed by atoms with Gasteiger partial charge in [0.15, 0.2) is 11.6 Å². The smallest absolute Gasteiger partial charge is 0.266 e. The molecule has 0 radical (unpaired) electrons. The van der Waals surface area contributed by atoms with E-state index in [1.807, 2.05) is 0 Å². The van der Waals surface area contributed by atoms with Crippen LogP contribution in [0.3, 0.4) is 0 Å². The van der Waals surface area contributed by atoms with Crippen LogP contribution >= 0.6 is 0 Å². The monoisotopic (exact) mass is 277 g/mol. The van der Waals surface area contributed by atoms with Crippen LogP contribution in [0.1, 0.15) is 20.7 Å². The fraction of sp³-hybridized carbons (Fsp3) is 0. The van der Waals surface area contributed by atoms with E-state index < -0.39 is 35.0 Å². The molecule has 3 rings (SSSR count). The van der Waals surface area contributed by atoms with Gasteiger partial charge in [-0.1, -0.05) is 12.1 Å². The summed E-state index contributed by atoms with van der Waals surface area (Å²) in [6.07, 6.45) is 0. The number of carbonyl (C=O) groups excluding carboxylic acids is 2. The number of hydrogen-bond donors (Lipinski definition) is 0. The number of rotatable bonds is 1. The first-order chi connectivity index (χ1) is 9.50. The first-order valence-corrected chi connectivity index (χ1v) is 5.63. The Kier molecular flexibility index (Phi) is 2.60. The molecule has 1 aliphatic heterocycles. The molecule has 0 bridgehead atoms. The van der Waals surface area contributed by atoms with Crippen LogP contribution in [0.2, 0.25) is 0 Å². The highest BCUT2D eigenvalue weighted by atomic mass is 19.1. The van der Waals surface area contributed by atoms with Crippen molar-refractivity contribution in [3.05, 3.63) is 65.0 Å². The summed E-state index contributed by atoms with van der Waals surface area (Å²) in [5.41, 5.74) is -0.751. The van der Waals surface area contributed by atoms with E-state index in [1.165, 1.54) is 24.3 Å². The van der Waals surface area contributed by atoms with Crippen molar-refractivity contribution in [2.24, 2.45) is 0 Å². The van der Waals surface area contributed by atoms with Gasteiger partial charge in [0.05, 0.1) is 11.1 Å². The molecular formula is C14H6F3NO2. The zero-order valence-electron chi connectivity index (χ0n) is 9.86. The number of nitrogens with zero attached hydrogens (tertiary/aromatic N) is 1. The molecule has 0 aliphatic carbocycles. The maximum atomic E-state index is 13.7. The molecule has 3 nitrogen and oxygen atoms in total. The highest BCUT2D eigenvalue weighted by Gasteiger charge is 2.39. The van der Waals surface area contributed by atoms with Crippen LogP contribution < -0.4 is 4.90 Å². The number of benzene rings is 2. The zero-order chi connectivity index (χ0) is 14.4. The minimum atomic E-state index is -1.31. The fourth-order valence-electron chi connectivity index (χ4n) is 2.14. The van der Waals surface area contributed by atoms with Gasteiger partial charge in [-0.3, -0.25) is 9.59 Å². The van der Waals surface area contributed by atoms with E-state index in [0.29, 0.717) is 17.0 Å². The lowest BCUT2D eigenvalue weighted by Crippen LogP contribution is -2.31. The van der Waals surface area contributed by atoms with Gasteiger partial charge in [0.25, 0.3) is 11.8 Å². The number of fused-ring (bicyclic) bond motifs is 1. The van der Waals surface area contributed by atoms with Gasteiger partial charge in [-0.2, -0.15) is 0 Å². The van der Waals surface area contributed by atoms with Crippen molar-refractivity contribution in [2.75, 3.05) is 4.90 Å². The van der Waals surface area contributed by atoms with E-state index in [1.54, 1.807) is 0 Å². The first kappa shape index (κ1) is 12.4. The minimum absolute atomic E-state index is 0.0561. The summed E-state index contributed by atoms with van der Waals surface area (Å²) in [4.78, 5) is 24.5. The summed E-state index contributed by atoms with van der Waals surface area (Å²) in [6.45, 7) is 0. The highest BCUT2D eigenvalue weighted by molar-refractivity contribution is 6.34. The first-order valence-electron chi connectivity index (χ1n) is 5.63. The number of imide groups is 1. The second-order valence-electron chi connectivity index (χ2n) is 4.21. The minimum Gasteiger partial charge on any atom is -0.268 e. The zero-order valence-corrected chi connectivity index (χ0v) is 9.86. The lowest BCUT2D eigenvalue weighted by atomic mass is 10.1. The number of carbonyl (C=O) groups is 2. The van der Waals surface area contributed by atoms with Gasteiger partial charge >= 0.3 is 0 Å². The lowest BCUT2D eigenvalue weighted by Gasteiger charge is -2.15. The van der Waals surface area contributed by atoms with E-state index in [4.69, 9.17) is 0 Å². The van der Waals surface area contributed by atoms with E-state index in [-0.39, 0.29) is 11.1 Å². The van der Waals surface area contributed by atoms with Crippen molar-refractivity contribution in [1.82, 2.24) is 0 Å². The number of anilines is 1. The Morgan fingerprint density at radius 3 is 1.70 bits per heavy atom. The molecular weight excluding hydrogens is 271 g/mol. The Labute approximate surface area is 111 Å². The summed E-state index contributed by atoms with van der Waals surface area (Å²) in [6, 6.07) is 6.67. The van der Waals surface area contributed by atoms with Crippen molar-refractivity contribution in [3.63, 3.8) is 0 Å². The molecule has 2 aromatic rings. The Morgan fingerprint density at radius 1 is 0.800 bits per heavy atom. The number of amides is 2. The highest BCUT2D eigenvalue weighted by Crippen LogP contribution is 2.32. The van der Waals surface area contributed by atoms with Crippen molar-refractivity contribution in [2.45, 2.75) is 0 Å². The third-order valence-electron chi connectivity index (χ3n) is 3.00. The number of hydrogen-bond acceptors (Lipinski definition) is 2. The molecule has 1 aliphatic rings. The molecule has 2 aromatic carbocycles. The third-order valence-corrected chi connectivity index (χ3v) is 3.00. The van der Waals surface area contributed by atoms with Gasteiger partial charge in [-0.05, 0) is 12.1 Å². The molecule has 0 saturated heterocycles. The average Bonchev–Trinajstić information content (AvgIpc) is 2.64. The second kappa shape index (κ2) is 4.19. The molecule has 2 amide bonds. The third kappa shape index (κ3) is 1.61. The molecule has 0 fully saturated rings. The van der Waals surface area contributed by atoms with Crippen molar-refractivity contribution >= 4 is 17.5 Å². The Morgan fingerprint density at radius 2 is 1.25 bits per heavy atom. The van der Waals surface area contributed by atoms with E-state index in [0.717, 1.165) is 0 Å². The van der Waals surface area contributed by atoms with Gasteiger partial charge in [0.1, 0.15) is 11.5 Å². The molecule has 1 heterocycles. The molecule has 6 heteroatoms. The van der Waals surface area contributed by atoms with E-state index >= 15 is 0 Å². The summed E-state index contributed by atoms with van der Waals surface area (Å²) in [7, 11) is 0. The van der Waals surface area contributed by atoms with E-state index in [2.05, 4.69) is 0 Å². The number of halogens is 3. The predicted octanol–water partition coefficient (Wildman–Crippen LogP) is 2.90. The Bertz CT molecular complexity index is 700. The van der Waals surface area contributed by atoms with Gasteiger partial charge in [-0.15, -0.1) is 0 Å². The summed E-state index contributed by atoms with van der Waals surface area (Å²) < 4.78 is 40.3. The normalized spacial score (nSPS) is 13.8. The Balaban J connectivity index is 2.19. The van der Waals surface area contributed by atoms with Crippen molar-refractivity contribution in [3.8, 4) is 0 Å². The SMILES string of the molecule is O=C1c2ccccc2C(=O)N1c1c(F)cc(F)cc1F. The quantitative estimate of drug-likeness (QED) is 0.752. The molecule has 0 unspecified atom stereocenters. The van der Waals surface area contributed by atoms with Gasteiger partial charge in [0, 0.05) is 12.1 Å². The van der Waals surface area contributed by atoms with Crippen LogP contribution in [0.5, 0.6) is 0 Å². The Hall–Kier alpha value is -2.63. The van der Waals surface area contributed by atoms with Crippen LogP contribution in [0.25, 0.3) is 0 Å². The van der Waals surface area contributed by atoms with Crippen molar-refractivity contribution in [1.29, 1.82) is 0 Å². The maximum absolute atomic E-state index is 13.7. The van der Waals surface area contributed by atoms with Gasteiger partial charge in [0.2, 0.25) is 0 Å². The second-order valence-corrected chi connectivity index (χ2v) is 4.21. The summed E-state index contributed by atoms with van der Waals surface area (Å²) in [5.74, 6) is -5.42. The molecule has 0 N–H and O–H groups in total. The van der Waals surface area contributed by atoms with Crippen LogP contribution in [0, 0.1) is 17.5 Å². The molecule has 100 valence electrons.